The van der Waals surface area contributed by atoms with Crippen molar-refractivity contribution in [3.05, 3.63) is 93.5 Å². The van der Waals surface area contributed by atoms with E-state index in [1.165, 1.54) is 0 Å². The van der Waals surface area contributed by atoms with E-state index >= 15 is 0 Å². The highest BCUT2D eigenvalue weighted by Gasteiger charge is 2.36. The van der Waals surface area contributed by atoms with E-state index in [0.29, 0.717) is 10.9 Å². The second-order valence-corrected chi connectivity index (χ2v) is 7.28. The molecule has 0 spiro atoms. The average molecular weight is 368 g/mol. The molecule has 4 heteroatoms. The molecule has 1 unspecified atom stereocenters. The van der Waals surface area contributed by atoms with Gasteiger partial charge in [-0.05, 0) is 41.3 Å². The molecule has 0 saturated heterocycles. The predicted molar refractivity (Wildman–Crippen MR) is 101 cm³/mol. The molecule has 1 atom stereocenters. The number of hydrogen-bond acceptors (Lipinski definition) is 2. The summed E-state index contributed by atoms with van der Waals surface area (Å²) in [6.45, 7) is 2.10. The summed E-state index contributed by atoms with van der Waals surface area (Å²) in [4.78, 5) is 4.78. The van der Waals surface area contributed by atoms with Crippen LogP contribution >= 0.6 is 11.6 Å². The van der Waals surface area contributed by atoms with Gasteiger partial charge in [0.1, 0.15) is 11.4 Å². The number of fused-ring (bicyclic) bond motifs is 1. The van der Waals surface area contributed by atoms with Crippen molar-refractivity contribution in [1.29, 1.82) is 0 Å². The zero-order valence-corrected chi connectivity index (χ0v) is 15.2. The summed E-state index contributed by atoms with van der Waals surface area (Å²) in [5, 5.41) is 1.38. The van der Waals surface area contributed by atoms with E-state index < -0.39 is 5.54 Å². The molecule has 0 amide bonds. The van der Waals surface area contributed by atoms with Crippen molar-refractivity contribution in [2.45, 2.75) is 12.5 Å². The molecule has 0 bridgehead atoms. The van der Waals surface area contributed by atoms with Crippen LogP contribution in [0.15, 0.2) is 71.7 Å². The highest BCUT2D eigenvalue weighted by Crippen LogP contribution is 2.41. The van der Waals surface area contributed by atoms with Gasteiger partial charge in [-0.25, -0.2) is 0 Å². The lowest BCUT2D eigenvalue weighted by Crippen LogP contribution is -2.18. The Labute approximate surface area is 156 Å². The van der Waals surface area contributed by atoms with Crippen molar-refractivity contribution in [3.63, 3.8) is 0 Å². The molecule has 3 aromatic carbocycles. The number of amidine groups is 1. The minimum absolute atomic E-state index is 0.494. The molecule has 0 saturated carbocycles. The average Bonchev–Trinajstić information content (AvgIpc) is 2.87. The number of nitrogens with two attached hydrogens (primary N) is 1. The van der Waals surface area contributed by atoms with Crippen LogP contribution in [-0.4, -0.2) is 5.84 Å². The van der Waals surface area contributed by atoms with Crippen molar-refractivity contribution < 1.29 is 11.6 Å². The topological polar surface area (TPSA) is 38.4 Å². The van der Waals surface area contributed by atoms with Crippen LogP contribution < -0.4 is 5.73 Å². The lowest BCUT2D eigenvalue weighted by molar-refractivity contribution is -0.288. The maximum atomic E-state index is 6.18. The fraction of sp³-hybridized carbons (Fsp3) is 0.0952. The van der Waals surface area contributed by atoms with Gasteiger partial charge in [0, 0.05) is 22.7 Å². The number of nitrogens with zero attached hydrogens (tertiary/aromatic N) is 1. The van der Waals surface area contributed by atoms with Gasteiger partial charge in [-0.2, -0.15) is 0 Å². The van der Waals surface area contributed by atoms with Crippen LogP contribution in [0.3, 0.4) is 0 Å². The Morgan fingerprint density at radius 3 is 2.56 bits per heavy atom. The minimum Gasteiger partial charge on any atom is -0.383 e. The van der Waals surface area contributed by atoms with E-state index in [1.807, 2.05) is 36.4 Å². The molecule has 25 heavy (non-hydrogen) atoms. The van der Waals surface area contributed by atoms with Crippen molar-refractivity contribution in [3.8, 4) is 11.1 Å². The summed E-state index contributed by atoms with van der Waals surface area (Å²) in [6, 6.07) is 22.1. The second kappa shape index (κ2) is 5.91. The number of halogens is 2. The maximum absolute atomic E-state index is 6.18. The van der Waals surface area contributed by atoms with Gasteiger partial charge in [-0.1, -0.05) is 54.1 Å². The zero-order valence-electron chi connectivity index (χ0n) is 13.7. The van der Waals surface area contributed by atoms with Crippen molar-refractivity contribution in [2.75, 3.05) is 0 Å². The Kier molecular flexibility index (Phi) is 3.82. The molecule has 1 heterocycles. The van der Waals surface area contributed by atoms with Gasteiger partial charge < -0.3 is 5.73 Å². The van der Waals surface area contributed by atoms with Gasteiger partial charge in [-0.15, -0.1) is 0 Å². The predicted octanol–water partition coefficient (Wildman–Crippen LogP) is 4.69. The van der Waals surface area contributed by atoms with Gasteiger partial charge in [0.15, 0.2) is 11.6 Å². The summed E-state index contributed by atoms with van der Waals surface area (Å²) in [5.74, 6) is 0.583. The number of benzene rings is 3. The molecule has 2 nitrogen and oxygen atoms in total. The molecule has 2 N–H and O–H groups in total. The van der Waals surface area contributed by atoms with Crippen LogP contribution in [-0.2, 0) is 5.54 Å². The lowest BCUT2D eigenvalue weighted by Gasteiger charge is -2.24. The third kappa shape index (κ3) is 2.72. The Morgan fingerprint density at radius 1 is 0.960 bits per heavy atom. The highest BCUT2D eigenvalue weighted by molar-refractivity contribution is 6.30. The second-order valence-electron chi connectivity index (χ2n) is 6.37. The van der Waals surface area contributed by atoms with Crippen molar-refractivity contribution in [1.82, 2.24) is 0 Å². The van der Waals surface area contributed by atoms with Crippen molar-refractivity contribution >= 4 is 17.4 Å². The van der Waals surface area contributed by atoms with E-state index in [0.717, 1.165) is 32.8 Å². The van der Waals surface area contributed by atoms with Crippen LogP contribution in [0, 0.1) is 11.6 Å². The Hall–Kier alpha value is -2.29. The molecular weight excluding hydrogens is 351 g/mol. The third-order valence-corrected chi connectivity index (χ3v) is 5.15. The van der Waals surface area contributed by atoms with Gasteiger partial charge in [0.05, 0.1) is 0 Å². The molecule has 1 aliphatic rings. The summed E-state index contributed by atoms with van der Waals surface area (Å²) in [6.07, 6.45) is 0. The van der Waals surface area contributed by atoms with E-state index in [-0.39, 0.29) is 0 Å². The van der Waals surface area contributed by atoms with Gasteiger partial charge in [0.2, 0.25) is 5.02 Å². The van der Waals surface area contributed by atoms with E-state index in [9.17, 15) is 0 Å². The zero-order chi connectivity index (χ0) is 17.6. The minimum atomic E-state index is -0.494. The third-order valence-electron chi connectivity index (χ3n) is 4.70. The van der Waals surface area contributed by atoms with E-state index in [2.05, 4.69) is 31.2 Å². The first kappa shape index (κ1) is 16.2. The Balaban J connectivity index is 1.86. The van der Waals surface area contributed by atoms with Crippen molar-refractivity contribution in [2.24, 2.45) is 10.7 Å². The summed E-state index contributed by atoms with van der Waals surface area (Å²) in [7, 11) is 0. The highest BCUT2D eigenvalue weighted by atomic mass is 35.5. The fourth-order valence-electron chi connectivity index (χ4n) is 3.44. The SMILES string of the molecule is CC1(c2cccc(-c3cc(Cl)cc([ClH+])c3)c2)N=C(N)c2ccccc21. The largest absolute Gasteiger partial charge is 0.383 e. The molecule has 0 aliphatic carbocycles. The van der Waals surface area contributed by atoms with Crippen LogP contribution in [0.5, 0.6) is 0 Å². The first-order valence-electron chi connectivity index (χ1n) is 8.01. The van der Waals surface area contributed by atoms with Crippen LogP contribution in [0.4, 0.5) is 0 Å². The van der Waals surface area contributed by atoms with Crippen LogP contribution in [0.25, 0.3) is 11.1 Å². The first-order valence-corrected chi connectivity index (χ1v) is 8.80. The molecule has 124 valence electrons. The van der Waals surface area contributed by atoms with E-state index in [4.69, 9.17) is 33.9 Å². The van der Waals surface area contributed by atoms with E-state index in [1.54, 1.807) is 6.07 Å². The lowest BCUT2D eigenvalue weighted by atomic mass is 9.84. The molecule has 0 radical (unpaired) electrons. The molecule has 3 aromatic rings. The number of aliphatic imine (C=N–C) groups is 1. The van der Waals surface area contributed by atoms with Crippen LogP contribution in [0.2, 0.25) is 10.0 Å². The molecule has 0 fully saturated rings. The van der Waals surface area contributed by atoms with Gasteiger partial charge in [0.25, 0.3) is 0 Å². The van der Waals surface area contributed by atoms with Gasteiger partial charge in [-0.3, -0.25) is 4.99 Å². The Bertz CT molecular complexity index is 990. The van der Waals surface area contributed by atoms with Crippen LogP contribution in [0.1, 0.15) is 23.6 Å². The number of hydrogen-bond donors (Lipinski definition) is 1. The Morgan fingerprint density at radius 2 is 1.76 bits per heavy atom. The number of rotatable bonds is 2. The molecular formula is C21H17Cl2N2+. The summed E-state index contributed by atoms with van der Waals surface area (Å²) < 4.78 is 0. The normalized spacial score (nSPS) is 18.8. The van der Waals surface area contributed by atoms with Gasteiger partial charge >= 0.3 is 0 Å². The maximum Gasteiger partial charge on any atom is 0.227 e. The smallest absolute Gasteiger partial charge is 0.227 e. The summed E-state index contributed by atoms with van der Waals surface area (Å²) in [5.41, 5.74) is 11.0. The fourth-order valence-corrected chi connectivity index (χ4v) is 4.00. The molecule has 1 aliphatic heterocycles. The monoisotopic (exact) mass is 367 g/mol. The quantitative estimate of drug-likeness (QED) is 0.701. The summed E-state index contributed by atoms with van der Waals surface area (Å²) >= 11 is 11.5. The standard InChI is InChI=1S/C21H17Cl2N2/c1-21(19-8-3-2-7-18(19)20(24)25-21)15-6-4-5-13(9-15)14-10-16(22)12-17(23)11-14/h2-12,22H,1H3,(H2,24,25)/q+1. The molecule has 4 rings (SSSR count). The molecule has 0 aromatic heterocycles. The first-order chi connectivity index (χ1) is 12.0.